The zero-order valence-corrected chi connectivity index (χ0v) is 11.7. The van der Waals surface area contributed by atoms with Crippen LogP contribution >= 0.6 is 11.6 Å². The van der Waals surface area contributed by atoms with E-state index in [-0.39, 0.29) is 11.9 Å². The van der Waals surface area contributed by atoms with E-state index in [9.17, 15) is 23.7 Å². The van der Waals surface area contributed by atoms with E-state index < -0.39 is 33.7 Å². The minimum Gasteiger partial charge on any atom is -0.341 e. The Labute approximate surface area is 119 Å². The third kappa shape index (κ3) is 3.86. The van der Waals surface area contributed by atoms with E-state index in [2.05, 4.69) is 0 Å². The van der Waals surface area contributed by atoms with Crippen molar-refractivity contribution >= 4 is 23.2 Å². The first-order valence-electron chi connectivity index (χ1n) is 5.77. The Morgan fingerprint density at radius 1 is 1.45 bits per heavy atom. The SMILES string of the molecule is CC(Cl)CCN(C)C(=O)c1cc(F)c(F)cc1[N+](=O)[O-]. The lowest BCUT2D eigenvalue weighted by Gasteiger charge is -2.17. The van der Waals surface area contributed by atoms with Crippen molar-refractivity contribution in [1.29, 1.82) is 0 Å². The highest BCUT2D eigenvalue weighted by molar-refractivity contribution is 6.20. The molecule has 0 aromatic heterocycles. The maximum Gasteiger partial charge on any atom is 0.285 e. The van der Waals surface area contributed by atoms with Crippen molar-refractivity contribution in [3.63, 3.8) is 0 Å². The Balaban J connectivity index is 3.08. The van der Waals surface area contributed by atoms with Gasteiger partial charge >= 0.3 is 0 Å². The van der Waals surface area contributed by atoms with Crippen LogP contribution in [0, 0.1) is 21.7 Å². The van der Waals surface area contributed by atoms with E-state index in [0.717, 1.165) is 0 Å². The molecule has 5 nitrogen and oxygen atoms in total. The van der Waals surface area contributed by atoms with E-state index in [1.165, 1.54) is 11.9 Å². The molecule has 1 atom stereocenters. The zero-order chi connectivity index (χ0) is 15.4. The van der Waals surface area contributed by atoms with Gasteiger partial charge in [-0.15, -0.1) is 11.6 Å². The normalized spacial score (nSPS) is 12.1. The van der Waals surface area contributed by atoms with Crippen LogP contribution in [-0.4, -0.2) is 34.7 Å². The van der Waals surface area contributed by atoms with Gasteiger partial charge in [-0.1, -0.05) is 0 Å². The first-order chi connectivity index (χ1) is 9.23. The van der Waals surface area contributed by atoms with Crippen molar-refractivity contribution in [3.8, 4) is 0 Å². The molecule has 1 amide bonds. The Kier molecular flexibility index (Phi) is 5.38. The molecule has 0 fully saturated rings. The van der Waals surface area contributed by atoms with E-state index >= 15 is 0 Å². The fraction of sp³-hybridized carbons (Fsp3) is 0.417. The van der Waals surface area contributed by atoms with Crippen LogP contribution < -0.4 is 0 Å². The second-order valence-corrected chi connectivity index (χ2v) is 5.08. The predicted molar refractivity (Wildman–Crippen MR) is 69.9 cm³/mol. The number of hydrogen-bond acceptors (Lipinski definition) is 3. The third-order valence-corrected chi connectivity index (χ3v) is 2.89. The third-order valence-electron chi connectivity index (χ3n) is 2.67. The Morgan fingerprint density at radius 2 is 2.00 bits per heavy atom. The second kappa shape index (κ2) is 6.60. The molecule has 0 aliphatic rings. The van der Waals surface area contributed by atoms with Gasteiger partial charge in [0.2, 0.25) is 0 Å². The number of carbonyl (C=O) groups is 1. The fourth-order valence-corrected chi connectivity index (χ4v) is 1.63. The van der Waals surface area contributed by atoms with Gasteiger partial charge in [-0.3, -0.25) is 14.9 Å². The lowest BCUT2D eigenvalue weighted by molar-refractivity contribution is -0.385. The van der Waals surface area contributed by atoms with Crippen molar-refractivity contribution in [2.45, 2.75) is 18.7 Å². The van der Waals surface area contributed by atoms with Gasteiger partial charge in [0.25, 0.3) is 11.6 Å². The van der Waals surface area contributed by atoms with E-state index in [1.807, 2.05) is 0 Å². The molecule has 0 aliphatic carbocycles. The van der Waals surface area contributed by atoms with Crippen LogP contribution in [0.4, 0.5) is 14.5 Å². The molecule has 1 unspecified atom stereocenters. The molecule has 0 bridgehead atoms. The van der Waals surface area contributed by atoms with Gasteiger partial charge in [-0.25, -0.2) is 8.78 Å². The molecule has 0 N–H and O–H groups in total. The van der Waals surface area contributed by atoms with Gasteiger partial charge in [-0.2, -0.15) is 0 Å². The summed E-state index contributed by atoms with van der Waals surface area (Å²) in [5.74, 6) is -3.43. The summed E-state index contributed by atoms with van der Waals surface area (Å²) in [6.07, 6.45) is 0.473. The topological polar surface area (TPSA) is 63.5 Å². The van der Waals surface area contributed by atoms with Gasteiger partial charge in [0.15, 0.2) is 11.6 Å². The minimum absolute atomic E-state index is 0.176. The Bertz CT molecular complexity index is 538. The van der Waals surface area contributed by atoms with Crippen molar-refractivity contribution in [2.75, 3.05) is 13.6 Å². The first-order valence-corrected chi connectivity index (χ1v) is 6.20. The molecule has 1 rings (SSSR count). The monoisotopic (exact) mass is 306 g/mol. The molecule has 0 saturated heterocycles. The van der Waals surface area contributed by atoms with Gasteiger partial charge in [0.1, 0.15) is 5.56 Å². The van der Waals surface area contributed by atoms with E-state index in [1.54, 1.807) is 6.92 Å². The molecule has 0 saturated carbocycles. The van der Waals surface area contributed by atoms with Crippen LogP contribution in [0.25, 0.3) is 0 Å². The summed E-state index contributed by atoms with van der Waals surface area (Å²) in [5, 5.41) is 10.6. The Hall–Kier alpha value is -1.76. The van der Waals surface area contributed by atoms with Crippen LogP contribution in [0.1, 0.15) is 23.7 Å². The molecule has 110 valence electrons. The number of carbonyl (C=O) groups excluding carboxylic acids is 1. The van der Waals surface area contributed by atoms with Crippen LogP contribution in [0.3, 0.4) is 0 Å². The minimum atomic E-state index is -1.37. The van der Waals surface area contributed by atoms with Gasteiger partial charge in [0.05, 0.1) is 11.0 Å². The summed E-state index contributed by atoms with van der Waals surface area (Å²) >= 11 is 5.74. The first kappa shape index (κ1) is 16.3. The smallest absolute Gasteiger partial charge is 0.285 e. The zero-order valence-electron chi connectivity index (χ0n) is 10.9. The van der Waals surface area contributed by atoms with E-state index in [0.29, 0.717) is 18.6 Å². The number of nitro benzene ring substituents is 1. The van der Waals surface area contributed by atoms with Crippen molar-refractivity contribution < 1.29 is 18.5 Å². The Morgan fingerprint density at radius 3 is 2.50 bits per heavy atom. The number of hydrogen-bond donors (Lipinski definition) is 0. The summed E-state index contributed by atoms with van der Waals surface area (Å²) in [6.45, 7) is 1.99. The molecule has 0 heterocycles. The second-order valence-electron chi connectivity index (χ2n) is 4.34. The molecular formula is C12H13ClF2N2O3. The standard InChI is InChI=1S/C12H13ClF2N2O3/c1-7(13)3-4-16(2)12(18)8-5-9(14)10(15)6-11(8)17(19)20/h5-7H,3-4H2,1-2H3. The quantitative estimate of drug-likeness (QED) is 0.477. The average Bonchev–Trinajstić information content (AvgIpc) is 2.37. The lowest BCUT2D eigenvalue weighted by Crippen LogP contribution is -2.29. The molecule has 0 aliphatic heterocycles. The van der Waals surface area contributed by atoms with Gasteiger partial charge in [-0.05, 0) is 19.4 Å². The lowest BCUT2D eigenvalue weighted by atomic mass is 10.1. The maximum atomic E-state index is 13.2. The predicted octanol–water partition coefficient (Wildman–Crippen LogP) is 2.96. The maximum absolute atomic E-state index is 13.2. The summed E-state index contributed by atoms with van der Waals surface area (Å²) in [4.78, 5) is 23.1. The fourth-order valence-electron chi connectivity index (χ4n) is 1.54. The van der Waals surface area contributed by atoms with Crippen LogP contribution in [0.5, 0.6) is 0 Å². The van der Waals surface area contributed by atoms with Crippen LogP contribution in [0.2, 0.25) is 0 Å². The highest BCUT2D eigenvalue weighted by Gasteiger charge is 2.26. The number of amides is 1. The number of rotatable bonds is 5. The van der Waals surface area contributed by atoms with Crippen molar-refractivity contribution in [2.24, 2.45) is 0 Å². The van der Waals surface area contributed by atoms with Crippen LogP contribution in [0.15, 0.2) is 12.1 Å². The van der Waals surface area contributed by atoms with Gasteiger partial charge < -0.3 is 4.90 Å². The number of halogens is 3. The highest BCUT2D eigenvalue weighted by Crippen LogP contribution is 2.23. The number of nitrogens with zero attached hydrogens (tertiary/aromatic N) is 2. The molecule has 0 radical (unpaired) electrons. The summed E-state index contributed by atoms with van der Waals surface area (Å²) in [5.41, 5.74) is -1.25. The number of benzene rings is 1. The molecular weight excluding hydrogens is 294 g/mol. The average molecular weight is 307 g/mol. The largest absolute Gasteiger partial charge is 0.341 e. The molecule has 1 aromatic rings. The summed E-state index contributed by atoms with van der Waals surface area (Å²) in [7, 11) is 1.41. The van der Waals surface area contributed by atoms with Crippen molar-refractivity contribution in [3.05, 3.63) is 39.4 Å². The molecule has 0 spiro atoms. The number of nitro groups is 1. The van der Waals surface area contributed by atoms with E-state index in [4.69, 9.17) is 11.6 Å². The van der Waals surface area contributed by atoms with Gasteiger partial charge in [0, 0.05) is 19.0 Å². The molecule has 20 heavy (non-hydrogen) atoms. The van der Waals surface area contributed by atoms with Crippen LogP contribution in [-0.2, 0) is 0 Å². The van der Waals surface area contributed by atoms with Crippen molar-refractivity contribution in [1.82, 2.24) is 4.90 Å². The summed E-state index contributed by atoms with van der Waals surface area (Å²) in [6, 6.07) is 0.941. The highest BCUT2D eigenvalue weighted by atomic mass is 35.5. The number of alkyl halides is 1. The molecule has 1 aromatic carbocycles. The summed E-state index contributed by atoms with van der Waals surface area (Å²) < 4.78 is 26.2. The molecule has 8 heteroatoms.